The maximum absolute atomic E-state index is 12.1. The first-order valence-corrected chi connectivity index (χ1v) is 8.42. The summed E-state index contributed by atoms with van der Waals surface area (Å²) in [6, 6.07) is 0. The van der Waals surface area contributed by atoms with Gasteiger partial charge in [-0.3, -0.25) is 0 Å². The van der Waals surface area contributed by atoms with Gasteiger partial charge in [0.25, 0.3) is 0 Å². The zero-order chi connectivity index (χ0) is 12.1. The van der Waals surface area contributed by atoms with E-state index in [1.165, 1.54) is 32.1 Å². The van der Waals surface area contributed by atoms with Crippen molar-refractivity contribution in [2.45, 2.75) is 50.2 Å². The highest BCUT2D eigenvalue weighted by Crippen LogP contribution is 2.23. The lowest BCUT2D eigenvalue weighted by Gasteiger charge is -2.26. The molecule has 4 nitrogen and oxygen atoms in total. The van der Waals surface area contributed by atoms with Crippen molar-refractivity contribution in [2.75, 3.05) is 19.6 Å². The number of hydrogen-bond acceptors (Lipinski definition) is 3. The normalized spacial score (nSPS) is 24.9. The van der Waals surface area contributed by atoms with Gasteiger partial charge in [0.1, 0.15) is 0 Å². The summed E-state index contributed by atoms with van der Waals surface area (Å²) in [6.07, 6.45) is 7.72. The lowest BCUT2D eigenvalue weighted by molar-refractivity contribution is 0.356. The molecular formula is C12H24N2O2S. The topological polar surface area (TPSA) is 58.2 Å². The van der Waals surface area contributed by atoms with Crippen LogP contribution in [0.4, 0.5) is 0 Å². The van der Waals surface area contributed by atoms with Gasteiger partial charge in [-0.1, -0.05) is 19.3 Å². The molecule has 2 aliphatic rings. The quantitative estimate of drug-likeness (QED) is 0.799. The van der Waals surface area contributed by atoms with Crippen LogP contribution in [0.2, 0.25) is 0 Å². The molecule has 0 aromatic heterocycles. The Hall–Kier alpha value is -0.130. The molecule has 0 unspecified atom stereocenters. The Labute approximate surface area is 105 Å². The second kappa shape index (κ2) is 6.16. The fraction of sp³-hybridized carbons (Fsp3) is 1.00. The molecule has 0 radical (unpaired) electrons. The third-order valence-corrected chi connectivity index (χ3v) is 5.94. The largest absolute Gasteiger partial charge is 0.317 e. The van der Waals surface area contributed by atoms with E-state index in [0.29, 0.717) is 12.5 Å². The van der Waals surface area contributed by atoms with Gasteiger partial charge in [0.05, 0.1) is 5.25 Å². The predicted molar refractivity (Wildman–Crippen MR) is 69.4 cm³/mol. The Morgan fingerprint density at radius 1 is 1.00 bits per heavy atom. The molecule has 2 fully saturated rings. The molecule has 0 bridgehead atoms. The van der Waals surface area contributed by atoms with Crippen molar-refractivity contribution < 1.29 is 8.42 Å². The van der Waals surface area contributed by atoms with Crippen molar-refractivity contribution in [3.05, 3.63) is 0 Å². The number of piperidine rings is 1. The van der Waals surface area contributed by atoms with Crippen LogP contribution in [0, 0.1) is 5.92 Å². The van der Waals surface area contributed by atoms with Crippen LogP contribution in [0.3, 0.4) is 0 Å². The van der Waals surface area contributed by atoms with Crippen LogP contribution < -0.4 is 10.0 Å². The van der Waals surface area contributed by atoms with E-state index in [1.54, 1.807) is 0 Å². The van der Waals surface area contributed by atoms with Crippen molar-refractivity contribution in [3.63, 3.8) is 0 Å². The first-order valence-electron chi connectivity index (χ1n) is 6.88. The monoisotopic (exact) mass is 260 g/mol. The predicted octanol–water partition coefficient (Wildman–Crippen LogP) is 1.24. The summed E-state index contributed by atoms with van der Waals surface area (Å²) in [5, 5.41) is 3.03. The molecule has 0 aromatic carbocycles. The molecule has 0 amide bonds. The molecule has 1 aliphatic carbocycles. The highest BCUT2D eigenvalue weighted by molar-refractivity contribution is 7.90. The Balaban J connectivity index is 1.79. The van der Waals surface area contributed by atoms with Gasteiger partial charge in [0.2, 0.25) is 10.0 Å². The minimum atomic E-state index is -3.07. The van der Waals surface area contributed by atoms with Gasteiger partial charge < -0.3 is 5.32 Å². The molecule has 2 rings (SSSR count). The average molecular weight is 260 g/mol. The van der Waals surface area contributed by atoms with E-state index in [1.807, 2.05) is 0 Å². The number of nitrogens with one attached hydrogen (secondary N) is 2. The molecule has 100 valence electrons. The van der Waals surface area contributed by atoms with E-state index < -0.39 is 10.0 Å². The van der Waals surface area contributed by atoms with Crippen LogP contribution in [0.5, 0.6) is 0 Å². The van der Waals surface area contributed by atoms with Gasteiger partial charge >= 0.3 is 0 Å². The number of rotatable bonds is 4. The first kappa shape index (κ1) is 13.3. The smallest absolute Gasteiger partial charge is 0.214 e. The highest BCUT2D eigenvalue weighted by Gasteiger charge is 2.27. The Bertz CT molecular complexity index is 317. The lowest BCUT2D eigenvalue weighted by Crippen LogP contribution is -2.43. The van der Waals surface area contributed by atoms with E-state index in [-0.39, 0.29) is 5.25 Å². The summed E-state index contributed by atoms with van der Waals surface area (Å²) in [5.74, 6) is 0.570. The second-order valence-corrected chi connectivity index (χ2v) is 7.39. The highest BCUT2D eigenvalue weighted by atomic mass is 32.2. The molecule has 2 N–H and O–H groups in total. The fourth-order valence-electron chi connectivity index (χ4n) is 2.85. The SMILES string of the molecule is O=S(=O)(NCC1CCCCC1)C1CCNCC1. The van der Waals surface area contributed by atoms with Crippen LogP contribution in [-0.4, -0.2) is 33.3 Å². The van der Waals surface area contributed by atoms with Crippen LogP contribution in [0.15, 0.2) is 0 Å². The van der Waals surface area contributed by atoms with Crippen LogP contribution >= 0.6 is 0 Å². The Morgan fingerprint density at radius 3 is 2.29 bits per heavy atom. The molecule has 0 atom stereocenters. The molecular weight excluding hydrogens is 236 g/mol. The number of hydrogen-bond donors (Lipinski definition) is 2. The summed E-state index contributed by atoms with van der Waals surface area (Å²) >= 11 is 0. The molecule has 1 saturated heterocycles. The molecule has 1 heterocycles. The summed E-state index contributed by atoms with van der Waals surface area (Å²) in [7, 11) is -3.07. The van der Waals surface area contributed by atoms with Crippen LogP contribution in [-0.2, 0) is 10.0 Å². The molecule has 5 heteroatoms. The lowest BCUT2D eigenvalue weighted by atomic mass is 9.90. The van der Waals surface area contributed by atoms with Crippen LogP contribution in [0.1, 0.15) is 44.9 Å². The van der Waals surface area contributed by atoms with E-state index in [2.05, 4.69) is 10.0 Å². The zero-order valence-electron chi connectivity index (χ0n) is 10.5. The van der Waals surface area contributed by atoms with Gasteiger partial charge in [-0.25, -0.2) is 13.1 Å². The second-order valence-electron chi connectivity index (χ2n) is 5.35. The van der Waals surface area contributed by atoms with E-state index in [4.69, 9.17) is 0 Å². The summed E-state index contributed by atoms with van der Waals surface area (Å²) < 4.78 is 27.0. The Kier molecular flexibility index (Phi) is 4.82. The minimum Gasteiger partial charge on any atom is -0.317 e. The van der Waals surface area contributed by atoms with Crippen molar-refractivity contribution in [1.29, 1.82) is 0 Å². The number of sulfonamides is 1. The van der Waals surface area contributed by atoms with Crippen molar-refractivity contribution in [2.24, 2.45) is 5.92 Å². The maximum Gasteiger partial charge on any atom is 0.214 e. The zero-order valence-corrected chi connectivity index (χ0v) is 11.3. The maximum atomic E-state index is 12.1. The Morgan fingerprint density at radius 2 is 1.65 bits per heavy atom. The van der Waals surface area contributed by atoms with Crippen LogP contribution in [0.25, 0.3) is 0 Å². The van der Waals surface area contributed by atoms with Crippen molar-refractivity contribution in [1.82, 2.24) is 10.0 Å². The van der Waals surface area contributed by atoms with Gasteiger partial charge in [-0.2, -0.15) is 0 Å². The summed E-state index contributed by atoms with van der Waals surface area (Å²) in [4.78, 5) is 0. The third kappa shape index (κ3) is 3.93. The molecule has 0 aromatic rings. The molecule has 0 spiro atoms. The summed E-state index contributed by atoms with van der Waals surface area (Å²) in [5.41, 5.74) is 0. The van der Waals surface area contributed by atoms with Gasteiger partial charge in [-0.15, -0.1) is 0 Å². The standard InChI is InChI=1S/C12H24N2O2S/c15-17(16,12-6-8-13-9-7-12)14-10-11-4-2-1-3-5-11/h11-14H,1-10H2. The van der Waals surface area contributed by atoms with Gasteiger partial charge in [0.15, 0.2) is 0 Å². The average Bonchev–Trinajstić information content (AvgIpc) is 2.39. The van der Waals surface area contributed by atoms with Crippen molar-refractivity contribution in [3.8, 4) is 0 Å². The van der Waals surface area contributed by atoms with E-state index in [0.717, 1.165) is 25.9 Å². The summed E-state index contributed by atoms with van der Waals surface area (Å²) in [6.45, 7) is 2.32. The van der Waals surface area contributed by atoms with Gasteiger partial charge in [-0.05, 0) is 44.7 Å². The van der Waals surface area contributed by atoms with Gasteiger partial charge in [0, 0.05) is 6.54 Å². The van der Waals surface area contributed by atoms with E-state index in [9.17, 15) is 8.42 Å². The molecule has 17 heavy (non-hydrogen) atoms. The first-order chi connectivity index (χ1) is 8.18. The van der Waals surface area contributed by atoms with E-state index >= 15 is 0 Å². The fourth-order valence-corrected chi connectivity index (χ4v) is 4.41. The molecule has 1 saturated carbocycles. The molecule has 1 aliphatic heterocycles. The minimum absolute atomic E-state index is 0.174. The van der Waals surface area contributed by atoms with Crippen molar-refractivity contribution >= 4 is 10.0 Å². The third-order valence-electron chi connectivity index (χ3n) is 4.02.